The summed E-state index contributed by atoms with van der Waals surface area (Å²) in [5, 5.41) is 9.98. The van der Waals surface area contributed by atoms with Gasteiger partial charge in [0, 0.05) is 12.8 Å². The number of aliphatic hydroxyl groups is 1. The van der Waals surface area contributed by atoms with E-state index in [-0.39, 0.29) is 11.9 Å². The number of carbonyl (C=O) groups is 1. The van der Waals surface area contributed by atoms with E-state index < -0.39 is 11.7 Å². The summed E-state index contributed by atoms with van der Waals surface area (Å²) < 4.78 is 5.52. The van der Waals surface area contributed by atoms with Crippen LogP contribution in [0, 0.1) is 5.92 Å². The van der Waals surface area contributed by atoms with Crippen LogP contribution in [0.2, 0.25) is 0 Å². The third-order valence-corrected chi connectivity index (χ3v) is 3.51. The van der Waals surface area contributed by atoms with Gasteiger partial charge in [-0.1, -0.05) is 24.3 Å². The zero-order valence-corrected chi connectivity index (χ0v) is 9.56. The van der Waals surface area contributed by atoms with Gasteiger partial charge in [0.05, 0.1) is 6.10 Å². The maximum Gasteiger partial charge on any atom is 0.303 e. The molecule has 0 bridgehead atoms. The second-order valence-corrected chi connectivity index (χ2v) is 4.65. The van der Waals surface area contributed by atoms with Crippen molar-refractivity contribution in [2.24, 2.45) is 5.92 Å². The first-order valence-electron chi connectivity index (χ1n) is 5.87. The molecule has 0 heterocycles. The Morgan fingerprint density at radius 3 is 2.50 bits per heavy atom. The highest BCUT2D eigenvalue weighted by Crippen LogP contribution is 2.42. The van der Waals surface area contributed by atoms with Gasteiger partial charge in [-0.3, -0.25) is 4.79 Å². The Labute approximate surface area is 95.8 Å². The van der Waals surface area contributed by atoms with Gasteiger partial charge in [-0.25, -0.2) is 0 Å². The Bertz CT molecular complexity index is 324. The van der Waals surface area contributed by atoms with E-state index in [1.807, 2.05) is 18.2 Å². The molecule has 3 nitrogen and oxygen atoms in total. The van der Waals surface area contributed by atoms with Gasteiger partial charge in [0.25, 0.3) is 0 Å². The predicted molar refractivity (Wildman–Crippen MR) is 60.7 cm³/mol. The molecule has 88 valence electrons. The lowest BCUT2D eigenvalue weighted by molar-refractivity contribution is -0.164. The summed E-state index contributed by atoms with van der Waals surface area (Å²) in [5.41, 5.74) is -0.480. The Morgan fingerprint density at radius 2 is 1.94 bits per heavy atom. The molecule has 0 aliphatic heterocycles. The second kappa shape index (κ2) is 4.42. The maximum atomic E-state index is 11.2. The lowest BCUT2D eigenvalue weighted by Gasteiger charge is -2.37. The number of allylic oxidation sites excluding steroid dienone is 2. The molecular weight excluding hydrogens is 204 g/mol. The molecule has 2 aliphatic rings. The first kappa shape index (κ1) is 11.4. The standard InChI is InChI=1S/C13H18O3/c1-10(14)16-13(8-4-5-9-13)11-6-2-3-7-12(11)15/h2-3,6-7,11-12,15H,4-5,8-9H2,1H3. The van der Waals surface area contributed by atoms with Crippen LogP contribution in [0.4, 0.5) is 0 Å². The maximum absolute atomic E-state index is 11.2. The zero-order valence-electron chi connectivity index (χ0n) is 9.56. The van der Waals surface area contributed by atoms with Crippen LogP contribution in [-0.4, -0.2) is 22.8 Å². The third kappa shape index (κ3) is 2.05. The van der Waals surface area contributed by atoms with Crippen LogP contribution < -0.4 is 0 Å². The van der Waals surface area contributed by atoms with Crippen molar-refractivity contribution in [1.82, 2.24) is 0 Å². The largest absolute Gasteiger partial charge is 0.459 e. The molecule has 2 atom stereocenters. The molecule has 0 saturated heterocycles. The van der Waals surface area contributed by atoms with Crippen LogP contribution in [-0.2, 0) is 9.53 Å². The quantitative estimate of drug-likeness (QED) is 0.726. The highest BCUT2D eigenvalue weighted by atomic mass is 16.6. The van der Waals surface area contributed by atoms with Gasteiger partial charge in [-0.05, 0) is 25.7 Å². The minimum absolute atomic E-state index is 0.0936. The molecular formula is C13H18O3. The van der Waals surface area contributed by atoms with Crippen LogP contribution >= 0.6 is 0 Å². The molecule has 16 heavy (non-hydrogen) atoms. The van der Waals surface area contributed by atoms with Crippen molar-refractivity contribution in [3.8, 4) is 0 Å². The number of rotatable bonds is 2. The van der Waals surface area contributed by atoms with Gasteiger partial charge in [-0.15, -0.1) is 0 Å². The van der Waals surface area contributed by atoms with Crippen molar-refractivity contribution in [3.63, 3.8) is 0 Å². The van der Waals surface area contributed by atoms with E-state index in [0.29, 0.717) is 0 Å². The second-order valence-electron chi connectivity index (χ2n) is 4.65. The van der Waals surface area contributed by atoms with Crippen LogP contribution in [0.5, 0.6) is 0 Å². The summed E-state index contributed by atoms with van der Waals surface area (Å²) in [6.45, 7) is 1.44. The van der Waals surface area contributed by atoms with E-state index in [2.05, 4.69) is 0 Å². The average molecular weight is 222 g/mol. The van der Waals surface area contributed by atoms with E-state index >= 15 is 0 Å². The van der Waals surface area contributed by atoms with E-state index in [9.17, 15) is 9.90 Å². The molecule has 1 saturated carbocycles. The predicted octanol–water partition coefficient (Wildman–Crippen LogP) is 1.97. The van der Waals surface area contributed by atoms with Crippen LogP contribution in [0.1, 0.15) is 32.6 Å². The van der Waals surface area contributed by atoms with Gasteiger partial charge in [0.15, 0.2) is 0 Å². The minimum Gasteiger partial charge on any atom is -0.459 e. The van der Waals surface area contributed by atoms with E-state index in [1.165, 1.54) is 6.92 Å². The molecule has 1 fully saturated rings. The summed E-state index contributed by atoms with van der Waals surface area (Å²) in [6, 6.07) is 0. The fourth-order valence-corrected chi connectivity index (χ4v) is 2.85. The fraction of sp³-hybridized carbons (Fsp3) is 0.615. The molecule has 0 radical (unpaired) electrons. The molecule has 3 heteroatoms. The van der Waals surface area contributed by atoms with Crippen molar-refractivity contribution in [2.45, 2.75) is 44.3 Å². The molecule has 0 aromatic carbocycles. The van der Waals surface area contributed by atoms with Crippen LogP contribution in [0.3, 0.4) is 0 Å². The van der Waals surface area contributed by atoms with E-state index in [4.69, 9.17) is 4.74 Å². The van der Waals surface area contributed by atoms with Crippen molar-refractivity contribution < 1.29 is 14.6 Å². The molecule has 2 unspecified atom stereocenters. The third-order valence-electron chi connectivity index (χ3n) is 3.51. The van der Waals surface area contributed by atoms with E-state index in [0.717, 1.165) is 25.7 Å². The SMILES string of the molecule is CC(=O)OC1(C2C=CC=CC2O)CCCC1. The van der Waals surface area contributed by atoms with Crippen molar-refractivity contribution in [1.29, 1.82) is 0 Å². The fourth-order valence-electron chi connectivity index (χ4n) is 2.85. The van der Waals surface area contributed by atoms with Gasteiger partial charge in [-0.2, -0.15) is 0 Å². The minimum atomic E-state index is -0.539. The summed E-state index contributed by atoms with van der Waals surface area (Å²) in [5.74, 6) is -0.346. The van der Waals surface area contributed by atoms with Crippen molar-refractivity contribution >= 4 is 5.97 Å². The molecule has 2 rings (SSSR count). The smallest absolute Gasteiger partial charge is 0.303 e. The molecule has 0 amide bonds. The topological polar surface area (TPSA) is 46.5 Å². The lowest BCUT2D eigenvalue weighted by atomic mass is 9.79. The number of aliphatic hydroxyl groups excluding tert-OH is 1. The molecule has 1 N–H and O–H groups in total. The molecule has 0 spiro atoms. The number of carbonyl (C=O) groups excluding carboxylic acids is 1. The number of esters is 1. The highest BCUT2D eigenvalue weighted by molar-refractivity contribution is 5.66. The Kier molecular flexibility index (Phi) is 3.15. The van der Waals surface area contributed by atoms with Crippen molar-refractivity contribution in [3.05, 3.63) is 24.3 Å². The lowest BCUT2D eigenvalue weighted by Crippen LogP contribution is -2.44. The Balaban J connectivity index is 2.21. The molecule has 2 aliphatic carbocycles. The van der Waals surface area contributed by atoms with Gasteiger partial charge >= 0.3 is 5.97 Å². The average Bonchev–Trinajstić information content (AvgIpc) is 2.67. The van der Waals surface area contributed by atoms with Crippen LogP contribution in [0.15, 0.2) is 24.3 Å². The first-order chi connectivity index (χ1) is 7.64. The number of hydrogen-bond donors (Lipinski definition) is 1. The molecule has 0 aromatic heterocycles. The van der Waals surface area contributed by atoms with Gasteiger partial charge in [0.2, 0.25) is 0 Å². The van der Waals surface area contributed by atoms with Crippen molar-refractivity contribution in [2.75, 3.05) is 0 Å². The monoisotopic (exact) mass is 222 g/mol. The normalized spacial score (nSPS) is 31.6. The van der Waals surface area contributed by atoms with Gasteiger partial charge < -0.3 is 9.84 Å². The molecule has 0 aromatic rings. The van der Waals surface area contributed by atoms with Crippen LogP contribution in [0.25, 0.3) is 0 Å². The Hall–Kier alpha value is -1.09. The summed E-state index contributed by atoms with van der Waals surface area (Å²) in [4.78, 5) is 11.2. The zero-order chi connectivity index (χ0) is 11.6. The summed E-state index contributed by atoms with van der Waals surface area (Å²) >= 11 is 0. The van der Waals surface area contributed by atoms with E-state index in [1.54, 1.807) is 6.08 Å². The Morgan fingerprint density at radius 1 is 1.31 bits per heavy atom. The number of ether oxygens (including phenoxy) is 1. The highest BCUT2D eigenvalue weighted by Gasteiger charge is 2.46. The first-order valence-corrected chi connectivity index (χ1v) is 5.87. The summed E-state index contributed by atoms with van der Waals surface area (Å²) in [7, 11) is 0. The van der Waals surface area contributed by atoms with Gasteiger partial charge in [0.1, 0.15) is 5.60 Å². The number of hydrogen-bond acceptors (Lipinski definition) is 3. The summed E-state index contributed by atoms with van der Waals surface area (Å²) in [6.07, 6.45) is 10.8.